The first kappa shape index (κ1) is 35.2. The molecule has 0 radical (unpaired) electrons. The van der Waals surface area contributed by atoms with Gasteiger partial charge in [0.05, 0.1) is 0 Å². The number of fused-ring (bicyclic) bond motifs is 2. The van der Waals surface area contributed by atoms with Crippen molar-refractivity contribution in [2.45, 2.75) is 79.5 Å². The van der Waals surface area contributed by atoms with Crippen molar-refractivity contribution in [2.75, 3.05) is 12.3 Å². The van der Waals surface area contributed by atoms with E-state index in [0.717, 1.165) is 11.8 Å². The predicted molar refractivity (Wildman–Crippen MR) is 183 cm³/mol. The minimum absolute atomic E-state index is 0.0185. The topological polar surface area (TPSA) is 0 Å². The molecule has 212 valence electrons. The van der Waals surface area contributed by atoms with Crippen LogP contribution in [0.15, 0.2) is 72.8 Å². The van der Waals surface area contributed by atoms with E-state index in [1.54, 1.807) is 10.6 Å². The molecule has 0 aromatic heterocycles. The Hall–Kier alpha value is -0.0169. The van der Waals surface area contributed by atoms with Crippen LogP contribution in [0.3, 0.4) is 0 Å². The molecule has 0 fully saturated rings. The molecular weight excluding hydrogens is 632 g/mol. The Balaban J connectivity index is 0.000000249. The summed E-state index contributed by atoms with van der Waals surface area (Å²) in [5.74, 6) is 1.60. The van der Waals surface area contributed by atoms with Crippen LogP contribution in [0.1, 0.15) is 69.2 Å². The van der Waals surface area contributed by atoms with E-state index in [4.69, 9.17) is 17.0 Å². The zero-order valence-corrected chi connectivity index (χ0v) is 31.4. The number of rotatable bonds is 6. The second-order valence-electron chi connectivity index (χ2n) is 13.1. The Labute approximate surface area is 260 Å². The first-order valence-corrected chi connectivity index (χ1v) is 23.4. The van der Waals surface area contributed by atoms with Crippen molar-refractivity contribution >= 4 is 65.0 Å². The van der Waals surface area contributed by atoms with E-state index in [1.807, 2.05) is 0 Å². The Kier molecular flexibility index (Phi) is 14.4. The van der Waals surface area contributed by atoms with E-state index in [2.05, 4.69) is 142 Å². The van der Waals surface area contributed by atoms with E-state index in [0.29, 0.717) is 10.3 Å². The third-order valence-corrected chi connectivity index (χ3v) is 13.1. The van der Waals surface area contributed by atoms with Crippen LogP contribution in [0, 0.1) is 11.8 Å². The summed E-state index contributed by atoms with van der Waals surface area (Å²) in [6, 6.07) is 27.1. The molecule has 0 spiro atoms. The molecule has 0 aliphatic rings. The fourth-order valence-electron chi connectivity index (χ4n) is 5.53. The van der Waals surface area contributed by atoms with E-state index >= 15 is 0 Å². The van der Waals surface area contributed by atoms with Crippen LogP contribution >= 0.6 is 32.9 Å². The van der Waals surface area contributed by atoms with Gasteiger partial charge in [-0.25, -0.2) is 0 Å². The van der Waals surface area contributed by atoms with Crippen molar-refractivity contribution < 1.29 is 20.8 Å². The minimum atomic E-state index is -0.826. The zero-order chi connectivity index (χ0) is 29.4. The molecule has 0 saturated heterocycles. The van der Waals surface area contributed by atoms with Gasteiger partial charge in [-0.2, -0.15) is 12.1 Å². The van der Waals surface area contributed by atoms with Gasteiger partial charge in [0.1, 0.15) is 0 Å². The van der Waals surface area contributed by atoms with Crippen molar-refractivity contribution in [1.29, 1.82) is 0 Å². The molecule has 4 aromatic rings. The van der Waals surface area contributed by atoms with E-state index < -0.39 is 20.8 Å². The summed E-state index contributed by atoms with van der Waals surface area (Å²) in [6.45, 7) is 23.6. The number of benzene rings is 2. The number of halogens is 2. The van der Waals surface area contributed by atoms with Crippen LogP contribution in [0.4, 0.5) is 0 Å². The standard InChI is InChI=1S/2C17H24P.2ClH.Zr/c1-16(2,3)18(17(4,5)6)15-11-13-9-7-8-10-14(13)12-15;1-13(2)11-18(12-14(3)4)17-9-15-7-5-6-8-16(15)10-17;;;/h7-12H,1-6H3;5-10,13-14H,11-12H2,1-4H3;2*1H;/q2*-1;;;+4/p-2. The van der Waals surface area contributed by atoms with Crippen LogP contribution in [0.25, 0.3) is 21.5 Å². The van der Waals surface area contributed by atoms with Crippen molar-refractivity contribution in [3.05, 3.63) is 72.8 Å². The molecule has 4 aromatic carbocycles. The van der Waals surface area contributed by atoms with Gasteiger partial charge in [-0.05, 0) is 34.5 Å². The maximum atomic E-state index is 4.93. The van der Waals surface area contributed by atoms with Crippen molar-refractivity contribution in [2.24, 2.45) is 11.8 Å². The van der Waals surface area contributed by atoms with Gasteiger partial charge in [0.15, 0.2) is 0 Å². The Bertz CT molecular complexity index is 1170. The quantitative estimate of drug-likeness (QED) is 0.140. The molecule has 0 unspecified atom stereocenters. The van der Waals surface area contributed by atoms with Crippen molar-refractivity contribution in [1.82, 2.24) is 0 Å². The summed E-state index contributed by atoms with van der Waals surface area (Å²) in [6.07, 6.45) is 2.73. The van der Waals surface area contributed by atoms with Crippen LogP contribution in [0.5, 0.6) is 0 Å². The summed E-state index contributed by atoms with van der Waals surface area (Å²) < 4.78 is 0. The summed E-state index contributed by atoms with van der Waals surface area (Å²) in [7, 11) is 9.70. The third-order valence-electron chi connectivity index (χ3n) is 6.34. The predicted octanol–water partition coefficient (Wildman–Crippen LogP) is 11.6. The van der Waals surface area contributed by atoms with Gasteiger partial charge in [-0.1, -0.05) is 97.2 Å². The molecule has 39 heavy (non-hydrogen) atoms. The number of hydrogen-bond donors (Lipinski definition) is 0. The van der Waals surface area contributed by atoms with Crippen LogP contribution in [-0.4, -0.2) is 22.6 Å². The first-order valence-electron chi connectivity index (χ1n) is 14.0. The molecule has 0 aliphatic carbocycles. The third kappa shape index (κ3) is 11.3. The van der Waals surface area contributed by atoms with Crippen LogP contribution in [-0.2, 0) is 20.8 Å². The number of hydrogen-bond acceptors (Lipinski definition) is 0. The van der Waals surface area contributed by atoms with Gasteiger partial charge < -0.3 is 0 Å². The molecular formula is C34H48Cl2P2Zr. The summed E-state index contributed by atoms with van der Waals surface area (Å²) in [5.41, 5.74) is 0. The SMILES string of the molecule is CC(C)(C)P(c1cc2ccccc2[cH-]1)C(C)(C)C.CC(C)CP(CC(C)C)c1cc2ccccc2[cH-]1.[Cl][Zr+2][Cl]. The second-order valence-corrected chi connectivity index (χ2v) is 23.1. The molecule has 0 heterocycles. The van der Waals surface area contributed by atoms with Crippen molar-refractivity contribution in [3.8, 4) is 0 Å². The summed E-state index contributed by atoms with van der Waals surface area (Å²) in [5, 5.41) is 9.43. The Morgan fingerprint density at radius 3 is 1.38 bits per heavy atom. The summed E-state index contributed by atoms with van der Waals surface area (Å²) >= 11 is -0.826. The first-order chi connectivity index (χ1) is 18.2. The van der Waals surface area contributed by atoms with Crippen LogP contribution < -0.4 is 10.6 Å². The average molecular weight is 681 g/mol. The fraction of sp³-hybridized carbons (Fsp3) is 0.471. The van der Waals surface area contributed by atoms with E-state index in [1.165, 1.54) is 33.9 Å². The molecule has 0 nitrogen and oxygen atoms in total. The van der Waals surface area contributed by atoms with Gasteiger partial charge in [0, 0.05) is 0 Å². The van der Waals surface area contributed by atoms with Gasteiger partial charge in [0.2, 0.25) is 0 Å². The van der Waals surface area contributed by atoms with Gasteiger partial charge in [0.25, 0.3) is 0 Å². The molecule has 5 heteroatoms. The van der Waals surface area contributed by atoms with E-state index in [-0.39, 0.29) is 15.8 Å². The molecule has 0 bridgehead atoms. The summed E-state index contributed by atoms with van der Waals surface area (Å²) in [4.78, 5) is 0. The monoisotopic (exact) mass is 678 g/mol. The molecule has 0 atom stereocenters. The molecule has 4 rings (SSSR count). The van der Waals surface area contributed by atoms with Gasteiger partial charge in [-0.3, -0.25) is 0 Å². The average Bonchev–Trinajstić information content (AvgIpc) is 3.41. The molecule has 0 N–H and O–H groups in total. The normalized spacial score (nSPS) is 12.1. The molecule has 0 saturated carbocycles. The van der Waals surface area contributed by atoms with Crippen LogP contribution in [0.2, 0.25) is 0 Å². The Morgan fingerprint density at radius 1 is 0.667 bits per heavy atom. The molecule has 0 amide bonds. The fourth-order valence-corrected chi connectivity index (χ4v) is 12.6. The van der Waals surface area contributed by atoms with Gasteiger partial charge in [-0.15, -0.1) is 80.7 Å². The van der Waals surface area contributed by atoms with Gasteiger partial charge >= 0.3 is 37.9 Å². The van der Waals surface area contributed by atoms with Crippen molar-refractivity contribution in [3.63, 3.8) is 0 Å². The maximum absolute atomic E-state index is 4.93. The zero-order valence-electron chi connectivity index (χ0n) is 25.6. The van der Waals surface area contributed by atoms with E-state index in [9.17, 15) is 0 Å². The molecule has 0 aliphatic heterocycles. The Morgan fingerprint density at radius 2 is 1.03 bits per heavy atom. The second kappa shape index (κ2) is 16.0.